The molecule has 1 saturated carbocycles. The molecule has 0 saturated heterocycles. The molecule has 18 heavy (non-hydrogen) atoms. The molecule has 1 fully saturated rings. The molecular formula is C15H21NO2. The van der Waals surface area contributed by atoms with Crippen molar-refractivity contribution in [3.05, 3.63) is 29.8 Å². The van der Waals surface area contributed by atoms with E-state index in [-0.39, 0.29) is 11.8 Å². The van der Waals surface area contributed by atoms with Gasteiger partial charge in [-0.25, -0.2) is 0 Å². The highest BCUT2D eigenvalue weighted by Gasteiger charge is 2.23. The molecule has 2 rings (SSSR count). The first-order chi connectivity index (χ1) is 8.69. The van der Waals surface area contributed by atoms with Crippen molar-refractivity contribution >= 4 is 5.78 Å². The Morgan fingerprint density at radius 1 is 1.50 bits per heavy atom. The smallest absolute Gasteiger partial charge is 0.164 e. The molecule has 0 radical (unpaired) electrons. The van der Waals surface area contributed by atoms with Crippen molar-refractivity contribution < 1.29 is 9.53 Å². The van der Waals surface area contributed by atoms with Gasteiger partial charge in [0.1, 0.15) is 5.75 Å². The predicted octanol–water partition coefficient (Wildman–Crippen LogP) is 2.93. The van der Waals surface area contributed by atoms with Gasteiger partial charge in [-0.2, -0.15) is 0 Å². The van der Waals surface area contributed by atoms with E-state index in [0.717, 1.165) is 31.4 Å². The van der Waals surface area contributed by atoms with Gasteiger partial charge in [-0.1, -0.05) is 25.5 Å². The molecule has 3 heteroatoms. The summed E-state index contributed by atoms with van der Waals surface area (Å²) >= 11 is 0. The van der Waals surface area contributed by atoms with E-state index in [9.17, 15) is 4.79 Å². The molecule has 2 N–H and O–H groups in total. The maximum Gasteiger partial charge on any atom is 0.164 e. The minimum Gasteiger partial charge on any atom is -0.490 e. The van der Waals surface area contributed by atoms with E-state index in [1.807, 2.05) is 24.3 Å². The molecule has 1 unspecified atom stereocenters. The van der Waals surface area contributed by atoms with Crippen LogP contribution in [-0.2, 0) is 0 Å². The maximum absolute atomic E-state index is 12.0. The number of ketones is 1. The van der Waals surface area contributed by atoms with Gasteiger partial charge in [0, 0.05) is 18.0 Å². The van der Waals surface area contributed by atoms with Gasteiger partial charge in [0.25, 0.3) is 0 Å². The normalized spacial score (nSPS) is 16.3. The van der Waals surface area contributed by atoms with Crippen LogP contribution < -0.4 is 10.5 Å². The lowest BCUT2D eigenvalue weighted by Gasteiger charge is -2.10. The number of nitrogens with two attached hydrogens (primary N) is 1. The molecule has 0 spiro atoms. The van der Waals surface area contributed by atoms with Gasteiger partial charge < -0.3 is 10.5 Å². The van der Waals surface area contributed by atoms with E-state index in [4.69, 9.17) is 10.5 Å². The van der Waals surface area contributed by atoms with E-state index < -0.39 is 0 Å². The fraction of sp³-hybridized carbons (Fsp3) is 0.533. The number of ether oxygens (including phenoxy) is 1. The van der Waals surface area contributed by atoms with Crippen LogP contribution in [0.25, 0.3) is 0 Å². The molecule has 1 aliphatic rings. The van der Waals surface area contributed by atoms with Crippen molar-refractivity contribution in [2.75, 3.05) is 0 Å². The Morgan fingerprint density at radius 2 is 2.28 bits per heavy atom. The number of carbonyl (C=O) groups is 1. The van der Waals surface area contributed by atoms with Crippen LogP contribution >= 0.6 is 0 Å². The van der Waals surface area contributed by atoms with Crippen LogP contribution in [-0.4, -0.2) is 17.9 Å². The SMILES string of the molecule is CCCC(N)CC(=O)c1cccc(OC2CC2)c1. The second kappa shape index (κ2) is 6.01. The highest BCUT2D eigenvalue weighted by atomic mass is 16.5. The first kappa shape index (κ1) is 13.1. The van der Waals surface area contributed by atoms with Gasteiger partial charge in [-0.3, -0.25) is 4.79 Å². The van der Waals surface area contributed by atoms with Crippen LogP contribution in [0.15, 0.2) is 24.3 Å². The average Bonchev–Trinajstić information content (AvgIpc) is 3.13. The molecule has 0 aliphatic heterocycles. The van der Waals surface area contributed by atoms with Crippen molar-refractivity contribution in [2.45, 2.75) is 51.2 Å². The Kier molecular flexibility index (Phi) is 4.37. The third-order valence-electron chi connectivity index (χ3n) is 3.09. The van der Waals surface area contributed by atoms with Crippen molar-refractivity contribution in [1.29, 1.82) is 0 Å². The molecule has 1 aromatic rings. The van der Waals surface area contributed by atoms with E-state index >= 15 is 0 Å². The summed E-state index contributed by atoms with van der Waals surface area (Å²) in [6.07, 6.45) is 4.93. The standard InChI is InChI=1S/C15H21NO2/c1-2-4-12(16)10-15(17)11-5-3-6-14(9-11)18-13-7-8-13/h3,5-6,9,12-13H,2,4,7-8,10,16H2,1H3. The Bertz CT molecular complexity index is 413. The molecule has 1 atom stereocenters. The fourth-order valence-corrected chi connectivity index (χ4v) is 1.95. The van der Waals surface area contributed by atoms with Gasteiger partial charge in [0.15, 0.2) is 5.78 Å². The van der Waals surface area contributed by atoms with Crippen LogP contribution in [0.4, 0.5) is 0 Å². The minimum atomic E-state index is -0.0319. The summed E-state index contributed by atoms with van der Waals surface area (Å²) in [6, 6.07) is 7.41. The summed E-state index contributed by atoms with van der Waals surface area (Å²) in [5.41, 5.74) is 6.61. The Hall–Kier alpha value is -1.35. The van der Waals surface area contributed by atoms with Crippen LogP contribution in [0.1, 0.15) is 49.4 Å². The lowest BCUT2D eigenvalue weighted by Crippen LogP contribution is -2.23. The molecule has 1 aliphatic carbocycles. The van der Waals surface area contributed by atoms with Gasteiger partial charge in [-0.15, -0.1) is 0 Å². The highest BCUT2D eigenvalue weighted by Crippen LogP contribution is 2.27. The fourth-order valence-electron chi connectivity index (χ4n) is 1.95. The van der Waals surface area contributed by atoms with Gasteiger partial charge in [0.05, 0.1) is 6.10 Å². The quantitative estimate of drug-likeness (QED) is 0.754. The Balaban J connectivity index is 1.95. The number of hydrogen-bond acceptors (Lipinski definition) is 3. The van der Waals surface area contributed by atoms with Crippen LogP contribution in [0.5, 0.6) is 5.75 Å². The van der Waals surface area contributed by atoms with Crippen LogP contribution in [0.2, 0.25) is 0 Å². The average molecular weight is 247 g/mol. The van der Waals surface area contributed by atoms with Crippen molar-refractivity contribution in [3.8, 4) is 5.75 Å². The third-order valence-corrected chi connectivity index (χ3v) is 3.09. The molecule has 3 nitrogen and oxygen atoms in total. The maximum atomic E-state index is 12.0. The second-order valence-electron chi connectivity index (χ2n) is 5.02. The van der Waals surface area contributed by atoms with E-state index in [1.54, 1.807) is 0 Å². The van der Waals surface area contributed by atoms with Gasteiger partial charge >= 0.3 is 0 Å². The number of Topliss-reactive ketones (excluding diaryl/α,β-unsaturated/α-hetero) is 1. The van der Waals surface area contributed by atoms with Gasteiger partial charge in [0.2, 0.25) is 0 Å². The number of hydrogen-bond donors (Lipinski definition) is 1. The van der Waals surface area contributed by atoms with Gasteiger partial charge in [-0.05, 0) is 31.4 Å². The van der Waals surface area contributed by atoms with E-state index in [2.05, 4.69) is 6.92 Å². The van der Waals surface area contributed by atoms with Crippen molar-refractivity contribution in [3.63, 3.8) is 0 Å². The van der Waals surface area contributed by atoms with Crippen molar-refractivity contribution in [1.82, 2.24) is 0 Å². The lowest BCUT2D eigenvalue weighted by molar-refractivity contribution is 0.0972. The number of carbonyl (C=O) groups excluding carboxylic acids is 1. The summed E-state index contributed by atoms with van der Waals surface area (Å²) in [5.74, 6) is 0.907. The summed E-state index contributed by atoms with van der Waals surface area (Å²) in [5, 5.41) is 0. The first-order valence-corrected chi connectivity index (χ1v) is 6.74. The molecule has 0 heterocycles. The Morgan fingerprint density at radius 3 is 2.94 bits per heavy atom. The molecule has 1 aromatic carbocycles. The third kappa shape index (κ3) is 3.84. The van der Waals surface area contributed by atoms with E-state index in [0.29, 0.717) is 18.1 Å². The number of benzene rings is 1. The molecule has 98 valence electrons. The highest BCUT2D eigenvalue weighted by molar-refractivity contribution is 5.96. The second-order valence-corrected chi connectivity index (χ2v) is 5.02. The molecular weight excluding hydrogens is 226 g/mol. The zero-order chi connectivity index (χ0) is 13.0. The summed E-state index contributed by atoms with van der Waals surface area (Å²) < 4.78 is 5.69. The largest absolute Gasteiger partial charge is 0.490 e. The summed E-state index contributed by atoms with van der Waals surface area (Å²) in [4.78, 5) is 12.0. The predicted molar refractivity (Wildman–Crippen MR) is 71.9 cm³/mol. The zero-order valence-corrected chi connectivity index (χ0v) is 10.9. The first-order valence-electron chi connectivity index (χ1n) is 6.74. The lowest BCUT2D eigenvalue weighted by atomic mass is 10.0. The zero-order valence-electron chi connectivity index (χ0n) is 10.9. The Labute approximate surface area is 108 Å². The molecule has 0 bridgehead atoms. The molecule has 0 amide bonds. The summed E-state index contributed by atoms with van der Waals surface area (Å²) in [7, 11) is 0. The topological polar surface area (TPSA) is 52.3 Å². The van der Waals surface area contributed by atoms with E-state index in [1.165, 1.54) is 0 Å². The van der Waals surface area contributed by atoms with Crippen molar-refractivity contribution in [2.24, 2.45) is 5.73 Å². The minimum absolute atomic E-state index is 0.0319. The van der Waals surface area contributed by atoms with Crippen LogP contribution in [0, 0.1) is 0 Å². The summed E-state index contributed by atoms with van der Waals surface area (Å²) in [6.45, 7) is 2.08. The molecule has 0 aromatic heterocycles. The number of rotatable bonds is 7. The van der Waals surface area contributed by atoms with Crippen LogP contribution in [0.3, 0.4) is 0 Å². The monoisotopic (exact) mass is 247 g/mol.